The molecule has 0 aromatic rings. The van der Waals surface area contributed by atoms with E-state index in [4.69, 9.17) is 0 Å². The molecule has 0 radical (unpaired) electrons. The monoisotopic (exact) mass is 182 g/mol. The summed E-state index contributed by atoms with van der Waals surface area (Å²) in [4.78, 5) is 11.4. The van der Waals surface area contributed by atoms with Crippen molar-refractivity contribution >= 4 is 5.78 Å². The summed E-state index contributed by atoms with van der Waals surface area (Å²) in [6, 6.07) is 0. The number of hydrogen-bond donors (Lipinski definition) is 1. The van der Waals surface area contributed by atoms with E-state index in [9.17, 15) is 9.90 Å². The summed E-state index contributed by atoms with van der Waals surface area (Å²) in [5, 5.41) is 9.93. The summed E-state index contributed by atoms with van der Waals surface area (Å²) in [7, 11) is 0. The Hall–Kier alpha value is -0.370. The number of aliphatic hydroxyl groups is 1. The molecule has 0 spiro atoms. The molecule has 0 saturated heterocycles. The Morgan fingerprint density at radius 2 is 2.15 bits per heavy atom. The maximum Gasteiger partial charge on any atom is 0.133 e. The van der Waals surface area contributed by atoms with Crippen molar-refractivity contribution in [2.24, 2.45) is 11.3 Å². The topological polar surface area (TPSA) is 37.3 Å². The van der Waals surface area contributed by atoms with Crippen LogP contribution in [0, 0.1) is 11.3 Å². The molecule has 3 atom stereocenters. The van der Waals surface area contributed by atoms with Gasteiger partial charge in [0.15, 0.2) is 0 Å². The van der Waals surface area contributed by atoms with Crippen LogP contribution in [0.4, 0.5) is 0 Å². The van der Waals surface area contributed by atoms with Crippen LogP contribution in [0.5, 0.6) is 0 Å². The summed E-state index contributed by atoms with van der Waals surface area (Å²) < 4.78 is 0. The average molecular weight is 182 g/mol. The van der Waals surface area contributed by atoms with Crippen LogP contribution in [0.25, 0.3) is 0 Å². The third-order valence-corrected chi connectivity index (χ3v) is 4.07. The molecule has 2 fully saturated rings. The maximum atomic E-state index is 11.4. The zero-order valence-corrected chi connectivity index (χ0v) is 8.25. The van der Waals surface area contributed by atoms with Crippen molar-refractivity contribution in [3.05, 3.63) is 0 Å². The lowest BCUT2D eigenvalue weighted by atomic mass is 9.59. The normalized spacial score (nSPS) is 45.8. The second-order valence-electron chi connectivity index (χ2n) is 4.90. The number of carbonyl (C=O) groups excluding carboxylic acids is 1. The van der Waals surface area contributed by atoms with E-state index in [1.54, 1.807) is 0 Å². The zero-order chi connectivity index (χ0) is 9.47. The Bertz CT molecular complexity index is 224. The number of carbonyl (C=O) groups is 1. The fraction of sp³-hybridized carbons (Fsp3) is 0.909. The quantitative estimate of drug-likeness (QED) is 0.621. The van der Waals surface area contributed by atoms with Crippen LogP contribution in [0.1, 0.15) is 45.4 Å². The number of fused-ring (bicyclic) bond motifs is 1. The molecular weight excluding hydrogens is 164 g/mol. The molecule has 74 valence electrons. The van der Waals surface area contributed by atoms with E-state index < -0.39 is 0 Å². The minimum Gasteiger partial charge on any atom is -0.393 e. The van der Waals surface area contributed by atoms with Crippen molar-refractivity contribution in [2.45, 2.75) is 51.6 Å². The standard InChI is InChI=1S/C11H18O2/c1-11-7-9(12)6-5-8(11)3-2-4-10(11)13/h8,10,13H,2-7H2,1H3/t8-,10-,11-/m1/s1. The molecule has 0 unspecified atom stereocenters. The molecule has 1 N–H and O–H groups in total. The molecule has 0 aromatic carbocycles. The van der Waals surface area contributed by atoms with Gasteiger partial charge in [-0.15, -0.1) is 0 Å². The fourth-order valence-corrected chi connectivity index (χ4v) is 3.07. The van der Waals surface area contributed by atoms with Crippen LogP contribution < -0.4 is 0 Å². The van der Waals surface area contributed by atoms with Crippen LogP contribution in [0.3, 0.4) is 0 Å². The van der Waals surface area contributed by atoms with E-state index in [2.05, 4.69) is 6.92 Å². The molecule has 0 bridgehead atoms. The predicted molar refractivity (Wildman–Crippen MR) is 50.3 cm³/mol. The van der Waals surface area contributed by atoms with E-state index in [0.29, 0.717) is 18.1 Å². The van der Waals surface area contributed by atoms with Crippen LogP contribution in [-0.2, 0) is 4.79 Å². The summed E-state index contributed by atoms with van der Waals surface area (Å²) in [6.45, 7) is 2.10. The number of Topliss-reactive ketones (excluding diaryl/α,β-unsaturated/α-hetero) is 1. The first kappa shape index (κ1) is 9.20. The molecule has 2 aliphatic carbocycles. The lowest BCUT2D eigenvalue weighted by Gasteiger charge is -2.47. The lowest BCUT2D eigenvalue weighted by molar-refractivity contribution is -0.134. The van der Waals surface area contributed by atoms with E-state index in [-0.39, 0.29) is 11.5 Å². The molecule has 13 heavy (non-hydrogen) atoms. The van der Waals surface area contributed by atoms with Gasteiger partial charge in [0.1, 0.15) is 5.78 Å². The second-order valence-corrected chi connectivity index (χ2v) is 4.90. The number of aliphatic hydroxyl groups excluding tert-OH is 1. The average Bonchev–Trinajstić information content (AvgIpc) is 2.07. The first-order chi connectivity index (χ1) is 6.13. The fourth-order valence-electron chi connectivity index (χ4n) is 3.07. The Morgan fingerprint density at radius 3 is 2.92 bits per heavy atom. The largest absolute Gasteiger partial charge is 0.393 e. The van der Waals surface area contributed by atoms with Gasteiger partial charge < -0.3 is 5.11 Å². The Morgan fingerprint density at radius 1 is 1.38 bits per heavy atom. The molecule has 2 heteroatoms. The number of ketones is 1. The molecule has 0 aliphatic heterocycles. The van der Waals surface area contributed by atoms with Gasteiger partial charge in [0.2, 0.25) is 0 Å². The Kier molecular flexibility index (Phi) is 2.18. The van der Waals surface area contributed by atoms with Gasteiger partial charge in [0.05, 0.1) is 6.10 Å². The maximum absolute atomic E-state index is 11.4. The lowest BCUT2D eigenvalue weighted by Crippen LogP contribution is -2.46. The smallest absolute Gasteiger partial charge is 0.133 e. The van der Waals surface area contributed by atoms with Crippen molar-refractivity contribution < 1.29 is 9.90 Å². The van der Waals surface area contributed by atoms with Crippen LogP contribution >= 0.6 is 0 Å². The molecule has 2 rings (SSSR count). The van der Waals surface area contributed by atoms with Gasteiger partial charge in [-0.25, -0.2) is 0 Å². The van der Waals surface area contributed by atoms with Crippen molar-refractivity contribution in [3.63, 3.8) is 0 Å². The third-order valence-electron chi connectivity index (χ3n) is 4.07. The van der Waals surface area contributed by atoms with Crippen molar-refractivity contribution in [1.29, 1.82) is 0 Å². The number of rotatable bonds is 0. The van der Waals surface area contributed by atoms with Gasteiger partial charge in [0, 0.05) is 18.3 Å². The first-order valence-electron chi connectivity index (χ1n) is 5.33. The minimum atomic E-state index is -0.240. The van der Waals surface area contributed by atoms with Crippen LogP contribution in [-0.4, -0.2) is 17.0 Å². The van der Waals surface area contributed by atoms with Gasteiger partial charge >= 0.3 is 0 Å². The van der Waals surface area contributed by atoms with Crippen molar-refractivity contribution in [2.75, 3.05) is 0 Å². The molecule has 2 saturated carbocycles. The SMILES string of the molecule is C[C@@]12CC(=O)CC[C@H]1CCC[C@H]2O. The highest BCUT2D eigenvalue weighted by Gasteiger charge is 2.46. The summed E-state index contributed by atoms with van der Waals surface area (Å²) in [6.07, 6.45) is 5.35. The number of hydrogen-bond acceptors (Lipinski definition) is 2. The third kappa shape index (κ3) is 1.41. The molecule has 2 aliphatic rings. The molecule has 0 heterocycles. The molecule has 0 aromatic heterocycles. The van der Waals surface area contributed by atoms with Crippen molar-refractivity contribution in [1.82, 2.24) is 0 Å². The van der Waals surface area contributed by atoms with Gasteiger partial charge in [-0.2, -0.15) is 0 Å². The summed E-state index contributed by atoms with van der Waals surface area (Å²) >= 11 is 0. The first-order valence-corrected chi connectivity index (χ1v) is 5.33. The van der Waals surface area contributed by atoms with Gasteiger partial charge in [0.25, 0.3) is 0 Å². The van der Waals surface area contributed by atoms with Gasteiger partial charge in [-0.05, 0) is 25.2 Å². The van der Waals surface area contributed by atoms with E-state index in [1.165, 1.54) is 6.42 Å². The van der Waals surface area contributed by atoms with E-state index in [0.717, 1.165) is 25.7 Å². The Balaban J connectivity index is 2.20. The molecule has 2 nitrogen and oxygen atoms in total. The van der Waals surface area contributed by atoms with Gasteiger partial charge in [-0.1, -0.05) is 13.3 Å². The summed E-state index contributed by atoms with van der Waals surface area (Å²) in [5.41, 5.74) is -0.0897. The summed E-state index contributed by atoms with van der Waals surface area (Å²) in [5.74, 6) is 0.939. The molecule has 0 amide bonds. The zero-order valence-electron chi connectivity index (χ0n) is 8.25. The van der Waals surface area contributed by atoms with E-state index in [1.807, 2.05) is 0 Å². The van der Waals surface area contributed by atoms with Crippen LogP contribution in [0.15, 0.2) is 0 Å². The molecular formula is C11H18O2. The highest BCUT2D eigenvalue weighted by molar-refractivity contribution is 5.80. The van der Waals surface area contributed by atoms with Crippen molar-refractivity contribution in [3.8, 4) is 0 Å². The second kappa shape index (κ2) is 3.09. The van der Waals surface area contributed by atoms with Gasteiger partial charge in [-0.3, -0.25) is 4.79 Å². The Labute approximate surface area is 79.3 Å². The van der Waals surface area contributed by atoms with E-state index >= 15 is 0 Å². The highest BCUT2D eigenvalue weighted by Crippen LogP contribution is 2.48. The minimum absolute atomic E-state index is 0.0897. The predicted octanol–water partition coefficient (Wildman–Crippen LogP) is 1.91. The highest BCUT2D eigenvalue weighted by atomic mass is 16.3. The van der Waals surface area contributed by atoms with Crippen LogP contribution in [0.2, 0.25) is 0 Å².